The number of ether oxygens (including phenoxy) is 1. The minimum Gasteiger partial charge on any atom is -0.453 e. The number of alkyl halides is 6. The Kier molecular flexibility index (Phi) is 8.17. The Hall–Kier alpha value is -4.05. The van der Waals surface area contributed by atoms with Gasteiger partial charge in [-0.25, -0.2) is 4.79 Å². The lowest BCUT2D eigenvalue weighted by atomic mass is 10.0. The van der Waals surface area contributed by atoms with Crippen LogP contribution in [0.5, 0.6) is 0 Å². The summed E-state index contributed by atoms with van der Waals surface area (Å²) in [7, 11) is 1.25. The monoisotopic (exact) mass is 627 g/mol. The average Bonchev–Trinajstić information content (AvgIpc) is 3.53. The van der Waals surface area contributed by atoms with Crippen molar-refractivity contribution in [1.29, 1.82) is 0 Å². The zero-order valence-corrected chi connectivity index (χ0v) is 23.1. The second kappa shape index (κ2) is 11.6. The predicted molar refractivity (Wildman–Crippen MR) is 145 cm³/mol. The Morgan fingerprint density at radius 3 is 2.56 bits per heavy atom. The lowest BCUT2D eigenvalue weighted by molar-refractivity contribution is -0.143. The highest BCUT2D eigenvalue weighted by Crippen LogP contribution is 2.38. The van der Waals surface area contributed by atoms with Crippen LogP contribution in [0.25, 0.3) is 17.0 Å². The molecule has 0 bridgehead atoms. The number of thioether (sulfide) groups is 1. The largest absolute Gasteiger partial charge is 0.453 e. The minimum absolute atomic E-state index is 0.0981. The normalized spacial score (nSPS) is 19.0. The molecule has 43 heavy (non-hydrogen) atoms. The van der Waals surface area contributed by atoms with E-state index in [0.29, 0.717) is 39.2 Å². The van der Waals surface area contributed by atoms with Crippen LogP contribution in [-0.4, -0.2) is 81.2 Å². The molecule has 9 nitrogen and oxygen atoms in total. The van der Waals surface area contributed by atoms with Gasteiger partial charge in [0.05, 0.1) is 54.0 Å². The molecule has 1 fully saturated rings. The molecular formula is C27H23F6N5O4S. The maximum Gasteiger partial charge on any atom is 0.416 e. The number of amidine groups is 1. The smallest absolute Gasteiger partial charge is 0.416 e. The first-order chi connectivity index (χ1) is 20.3. The molecule has 2 aromatic carbocycles. The number of amides is 2. The van der Waals surface area contributed by atoms with Gasteiger partial charge in [0.1, 0.15) is 0 Å². The molecule has 2 aliphatic rings. The van der Waals surface area contributed by atoms with Crippen LogP contribution in [-0.2, 0) is 28.4 Å². The van der Waals surface area contributed by atoms with Crippen molar-refractivity contribution >= 4 is 45.9 Å². The first kappa shape index (κ1) is 30.4. The number of aliphatic hydroxyl groups excluding tert-OH is 1. The molecule has 0 spiro atoms. The van der Waals surface area contributed by atoms with Gasteiger partial charge >= 0.3 is 18.4 Å². The number of methoxy groups -OCH3 is 1. The molecular weight excluding hydrogens is 604 g/mol. The fourth-order valence-electron chi connectivity index (χ4n) is 4.86. The van der Waals surface area contributed by atoms with Gasteiger partial charge in [-0.2, -0.15) is 36.4 Å². The van der Waals surface area contributed by atoms with E-state index in [4.69, 9.17) is 4.74 Å². The van der Waals surface area contributed by atoms with Crippen LogP contribution in [0, 0.1) is 0 Å². The van der Waals surface area contributed by atoms with Gasteiger partial charge in [-0.3, -0.25) is 14.4 Å². The summed E-state index contributed by atoms with van der Waals surface area (Å²) >= 11 is 1.13. The number of carbonyl (C=O) groups is 2. The Morgan fingerprint density at radius 2 is 1.88 bits per heavy atom. The third kappa shape index (κ3) is 6.34. The van der Waals surface area contributed by atoms with E-state index in [2.05, 4.69) is 10.1 Å². The van der Waals surface area contributed by atoms with Crippen LogP contribution >= 0.6 is 11.8 Å². The van der Waals surface area contributed by atoms with E-state index in [1.807, 2.05) is 0 Å². The SMILES string of the molecule is COC(=O)N1CCN(C2=NC(=O)/C(=C\c3ccc4c(cnn4Cc4ccc(C(F)(F)F)cc4C(F)(F)F)c3)S2)CC1CO. The number of piperazine rings is 1. The third-order valence-electron chi connectivity index (χ3n) is 7.01. The molecule has 0 radical (unpaired) electrons. The van der Waals surface area contributed by atoms with Crippen molar-refractivity contribution in [2.45, 2.75) is 24.9 Å². The number of fused-ring (bicyclic) bond motifs is 1. The van der Waals surface area contributed by atoms with Gasteiger partial charge in [0.15, 0.2) is 5.17 Å². The van der Waals surface area contributed by atoms with E-state index >= 15 is 0 Å². The first-order valence-electron chi connectivity index (χ1n) is 12.7. The van der Waals surface area contributed by atoms with Crippen LogP contribution in [0.15, 0.2) is 52.5 Å². The number of aliphatic imine (C=N–C) groups is 1. The summed E-state index contributed by atoms with van der Waals surface area (Å²) in [5.74, 6) is -0.478. The van der Waals surface area contributed by atoms with E-state index in [1.54, 1.807) is 29.2 Å². The zero-order valence-electron chi connectivity index (χ0n) is 22.3. The van der Waals surface area contributed by atoms with E-state index in [-0.39, 0.29) is 31.3 Å². The number of rotatable bonds is 4. The number of halogens is 6. The van der Waals surface area contributed by atoms with E-state index in [9.17, 15) is 41.0 Å². The highest BCUT2D eigenvalue weighted by molar-refractivity contribution is 8.18. The van der Waals surface area contributed by atoms with Gasteiger partial charge in [-0.05, 0) is 53.2 Å². The molecule has 3 heterocycles. The minimum atomic E-state index is -5.00. The van der Waals surface area contributed by atoms with Crippen molar-refractivity contribution in [3.63, 3.8) is 0 Å². The molecule has 0 aliphatic carbocycles. The Balaban J connectivity index is 1.33. The van der Waals surface area contributed by atoms with Gasteiger partial charge in [0, 0.05) is 25.0 Å². The molecule has 1 saturated heterocycles. The fourth-order valence-corrected chi connectivity index (χ4v) is 5.81. The Morgan fingerprint density at radius 1 is 1.12 bits per heavy atom. The lowest BCUT2D eigenvalue weighted by Gasteiger charge is -2.40. The van der Waals surface area contributed by atoms with Gasteiger partial charge in [0.2, 0.25) is 0 Å². The van der Waals surface area contributed by atoms with Crippen LogP contribution in [0.1, 0.15) is 22.3 Å². The Bertz CT molecular complexity index is 1630. The van der Waals surface area contributed by atoms with Crippen LogP contribution < -0.4 is 0 Å². The van der Waals surface area contributed by atoms with E-state index in [1.165, 1.54) is 22.9 Å². The van der Waals surface area contributed by atoms with Crippen molar-refractivity contribution < 1.29 is 45.8 Å². The molecule has 0 saturated carbocycles. The lowest BCUT2D eigenvalue weighted by Crippen LogP contribution is -2.57. The first-order valence-corrected chi connectivity index (χ1v) is 13.6. The third-order valence-corrected chi connectivity index (χ3v) is 8.05. The standard InChI is InChI=1S/C27H23F6N5O4S/c1-42-25(41)37-7-6-36(13-19(37)14-39)24-35-23(40)22(43-24)9-15-2-5-21-17(8-15)11-34-38(21)12-16-3-4-18(26(28,29)30)10-20(16)27(31,32)33/h2-5,8-11,19,39H,6-7,12-14H2,1H3/b22-9+. The van der Waals surface area contributed by atoms with E-state index < -0.39 is 48.1 Å². The predicted octanol–water partition coefficient (Wildman–Crippen LogP) is 4.84. The highest BCUT2D eigenvalue weighted by Gasteiger charge is 2.38. The summed E-state index contributed by atoms with van der Waals surface area (Å²) in [4.78, 5) is 32.2. The zero-order chi connectivity index (χ0) is 31.1. The molecule has 1 unspecified atom stereocenters. The molecule has 1 N–H and O–H groups in total. The second-order valence-corrected chi connectivity index (χ2v) is 10.8. The number of hydrogen-bond acceptors (Lipinski definition) is 7. The molecule has 2 aliphatic heterocycles. The second-order valence-electron chi connectivity index (χ2n) is 9.74. The molecule has 3 aromatic rings. The number of carbonyl (C=O) groups excluding carboxylic acids is 2. The molecule has 5 rings (SSSR count). The molecule has 228 valence electrons. The fraction of sp³-hybridized carbons (Fsp3) is 0.333. The quantitative estimate of drug-likeness (QED) is 0.327. The average molecular weight is 628 g/mol. The van der Waals surface area contributed by atoms with Crippen molar-refractivity contribution in [2.75, 3.05) is 33.4 Å². The van der Waals surface area contributed by atoms with Gasteiger partial charge in [-0.15, -0.1) is 0 Å². The summed E-state index contributed by atoms with van der Waals surface area (Å²) in [6.45, 7) is 0.170. The number of nitrogens with zero attached hydrogens (tertiary/aromatic N) is 5. The molecule has 2 amide bonds. The van der Waals surface area contributed by atoms with Gasteiger partial charge in [0.25, 0.3) is 5.91 Å². The van der Waals surface area contributed by atoms with Gasteiger partial charge < -0.3 is 14.7 Å². The molecule has 1 aromatic heterocycles. The van der Waals surface area contributed by atoms with Crippen LogP contribution in [0.3, 0.4) is 0 Å². The summed E-state index contributed by atoms with van der Waals surface area (Å²) < 4.78 is 85.9. The number of aromatic nitrogens is 2. The van der Waals surface area contributed by atoms with E-state index in [0.717, 1.165) is 17.8 Å². The maximum absolute atomic E-state index is 13.6. The summed E-state index contributed by atoms with van der Waals surface area (Å²) in [6, 6.07) is 5.87. The summed E-state index contributed by atoms with van der Waals surface area (Å²) in [6.07, 6.45) is -7.47. The number of benzene rings is 2. The Labute approximate surface area is 244 Å². The van der Waals surface area contributed by atoms with Gasteiger partial charge in [-0.1, -0.05) is 12.1 Å². The summed E-state index contributed by atoms with van der Waals surface area (Å²) in [5, 5.41) is 14.8. The van der Waals surface area contributed by atoms with Crippen LogP contribution in [0.4, 0.5) is 31.1 Å². The number of aliphatic hydroxyl groups is 1. The number of hydrogen-bond donors (Lipinski definition) is 1. The molecule has 16 heteroatoms. The van der Waals surface area contributed by atoms with Crippen molar-refractivity contribution in [3.8, 4) is 0 Å². The van der Waals surface area contributed by atoms with Crippen molar-refractivity contribution in [2.24, 2.45) is 4.99 Å². The van der Waals surface area contributed by atoms with Crippen LogP contribution in [0.2, 0.25) is 0 Å². The highest BCUT2D eigenvalue weighted by atomic mass is 32.2. The topological polar surface area (TPSA) is 100 Å². The molecule has 1 atom stereocenters. The van der Waals surface area contributed by atoms with Crippen molar-refractivity contribution in [3.05, 3.63) is 69.8 Å². The summed E-state index contributed by atoms with van der Waals surface area (Å²) in [5.41, 5.74) is -2.12. The van der Waals surface area contributed by atoms with Crippen molar-refractivity contribution in [1.82, 2.24) is 19.6 Å². The maximum atomic E-state index is 13.6.